The Morgan fingerprint density at radius 3 is 2.70 bits per heavy atom. The Hall–Kier alpha value is -4.42. The number of anilines is 1. The first-order chi connectivity index (χ1) is 22.3. The molecule has 4 aromatic rings. The Bertz CT molecular complexity index is 1830. The van der Waals surface area contributed by atoms with Gasteiger partial charge in [-0.3, -0.25) is 14.5 Å². The van der Waals surface area contributed by atoms with Crippen molar-refractivity contribution in [2.75, 3.05) is 18.1 Å². The third-order valence-electron chi connectivity index (χ3n) is 7.57. The van der Waals surface area contributed by atoms with Crippen molar-refractivity contribution in [2.45, 2.75) is 55.9 Å². The van der Waals surface area contributed by atoms with Gasteiger partial charge in [0.25, 0.3) is 5.78 Å². The van der Waals surface area contributed by atoms with Crippen LogP contribution in [0.4, 0.5) is 9.52 Å². The molecule has 0 unspecified atom stereocenters. The second-order valence-electron chi connectivity index (χ2n) is 10.8. The summed E-state index contributed by atoms with van der Waals surface area (Å²) in [6.45, 7) is 6.65. The van der Waals surface area contributed by atoms with E-state index < -0.39 is 17.7 Å². The van der Waals surface area contributed by atoms with Crippen molar-refractivity contribution in [3.8, 4) is 17.2 Å². The van der Waals surface area contributed by atoms with E-state index in [-0.39, 0.29) is 28.4 Å². The largest absolute Gasteiger partial charge is 0.507 e. The van der Waals surface area contributed by atoms with E-state index in [0.29, 0.717) is 57.9 Å². The van der Waals surface area contributed by atoms with Crippen molar-refractivity contribution in [3.05, 3.63) is 94.3 Å². The number of fused-ring (bicyclic) bond motifs is 1. The molecule has 0 bridgehead atoms. The van der Waals surface area contributed by atoms with Gasteiger partial charge in [-0.25, -0.2) is 4.39 Å². The molecule has 1 fully saturated rings. The molecule has 6 rings (SSSR count). The normalized spacial score (nSPS) is 18.5. The van der Waals surface area contributed by atoms with Crippen LogP contribution >= 0.6 is 23.1 Å². The molecular weight excluding hydrogens is 630 g/mol. The van der Waals surface area contributed by atoms with Crippen LogP contribution in [0.5, 0.6) is 17.2 Å². The zero-order valence-electron chi connectivity index (χ0n) is 25.5. The fraction of sp³-hybridized carbons (Fsp3) is 0.294. The number of hydrogen-bond donors (Lipinski definition) is 1. The summed E-state index contributed by atoms with van der Waals surface area (Å²) in [5.74, 6) is -0.337. The molecule has 3 aromatic carbocycles. The van der Waals surface area contributed by atoms with Crippen LogP contribution in [-0.2, 0) is 21.8 Å². The number of aromatic nitrogens is 2. The van der Waals surface area contributed by atoms with Crippen LogP contribution in [0.15, 0.2) is 70.6 Å². The number of hydrogen-bond acceptors (Lipinski definition) is 10. The van der Waals surface area contributed by atoms with E-state index >= 15 is 0 Å². The molecule has 0 radical (unpaired) electrons. The molecular formula is C34H32FN3O6S2. The van der Waals surface area contributed by atoms with E-state index in [1.54, 1.807) is 54.6 Å². The Morgan fingerprint density at radius 2 is 1.91 bits per heavy atom. The first-order valence-corrected chi connectivity index (χ1v) is 16.8. The molecule has 1 amide bonds. The lowest BCUT2D eigenvalue weighted by atomic mass is 9.94. The highest BCUT2D eigenvalue weighted by Crippen LogP contribution is 2.46. The molecule has 3 heterocycles. The van der Waals surface area contributed by atoms with Gasteiger partial charge in [0.05, 0.1) is 24.8 Å². The molecule has 46 heavy (non-hydrogen) atoms. The van der Waals surface area contributed by atoms with Crippen LogP contribution in [0.1, 0.15) is 55.5 Å². The minimum absolute atomic E-state index is 0.00810. The van der Waals surface area contributed by atoms with Crippen LogP contribution in [0, 0.1) is 5.82 Å². The quantitative estimate of drug-likeness (QED) is 0.0591. The molecule has 238 valence electrons. The van der Waals surface area contributed by atoms with Gasteiger partial charge in [-0.1, -0.05) is 54.3 Å². The fourth-order valence-corrected chi connectivity index (χ4v) is 7.33. The summed E-state index contributed by atoms with van der Waals surface area (Å²) in [7, 11) is 0. The highest BCUT2D eigenvalue weighted by Gasteiger charge is 2.48. The number of nitrogens with zero attached hydrogens (tertiary/aromatic N) is 3. The zero-order chi connectivity index (χ0) is 32.4. The van der Waals surface area contributed by atoms with Crippen LogP contribution in [-0.4, -0.2) is 46.3 Å². The first kappa shape index (κ1) is 31.6. The van der Waals surface area contributed by atoms with Gasteiger partial charge in [0.1, 0.15) is 23.4 Å². The van der Waals surface area contributed by atoms with Gasteiger partial charge in [-0.05, 0) is 73.4 Å². The van der Waals surface area contributed by atoms with E-state index in [4.69, 9.17) is 14.2 Å². The molecule has 12 heteroatoms. The molecule has 9 nitrogen and oxygen atoms in total. The highest BCUT2D eigenvalue weighted by atomic mass is 32.2. The average Bonchev–Trinajstić information content (AvgIpc) is 3.74. The van der Waals surface area contributed by atoms with Crippen molar-refractivity contribution in [3.63, 3.8) is 0 Å². The molecule has 1 aromatic heterocycles. The van der Waals surface area contributed by atoms with Crippen molar-refractivity contribution in [1.82, 2.24) is 10.2 Å². The number of thioether (sulfide) groups is 1. The van der Waals surface area contributed by atoms with Gasteiger partial charge in [-0.2, -0.15) is 0 Å². The SMILES string of the molecule is CCCOc1ccc([C@H]2C(=C(O)c3ccc4c(c3)C[C@@H](C)O4)C(=O)C(=O)N2c2nnc(SCc3ccccc3F)s2)cc1OCC. The lowest BCUT2D eigenvalue weighted by Crippen LogP contribution is -2.29. The van der Waals surface area contributed by atoms with E-state index in [0.717, 1.165) is 29.1 Å². The lowest BCUT2D eigenvalue weighted by molar-refractivity contribution is -0.132. The van der Waals surface area contributed by atoms with E-state index in [1.807, 2.05) is 20.8 Å². The smallest absolute Gasteiger partial charge is 0.301 e. The molecule has 2 atom stereocenters. The predicted molar refractivity (Wildman–Crippen MR) is 174 cm³/mol. The van der Waals surface area contributed by atoms with Gasteiger partial charge in [-0.15, -0.1) is 10.2 Å². The number of benzene rings is 3. The van der Waals surface area contributed by atoms with Crippen LogP contribution in [0.3, 0.4) is 0 Å². The Labute approximate surface area is 274 Å². The number of halogens is 1. The molecule has 1 saturated heterocycles. The number of aliphatic hydroxyl groups excluding tert-OH is 1. The number of rotatable bonds is 11. The van der Waals surface area contributed by atoms with Gasteiger partial charge in [0, 0.05) is 17.7 Å². The lowest BCUT2D eigenvalue weighted by Gasteiger charge is -2.23. The highest BCUT2D eigenvalue weighted by molar-refractivity contribution is 8.00. The molecule has 0 saturated carbocycles. The topological polar surface area (TPSA) is 111 Å². The van der Waals surface area contributed by atoms with Crippen molar-refractivity contribution in [1.29, 1.82) is 0 Å². The van der Waals surface area contributed by atoms with Gasteiger partial charge in [0.2, 0.25) is 5.13 Å². The third kappa shape index (κ3) is 6.19. The Morgan fingerprint density at radius 1 is 1.09 bits per heavy atom. The van der Waals surface area contributed by atoms with Crippen LogP contribution < -0.4 is 19.1 Å². The van der Waals surface area contributed by atoms with Crippen LogP contribution in [0.2, 0.25) is 0 Å². The second-order valence-corrected chi connectivity index (χ2v) is 13.0. The predicted octanol–water partition coefficient (Wildman–Crippen LogP) is 7.11. The third-order valence-corrected chi connectivity index (χ3v) is 9.67. The maximum atomic E-state index is 14.2. The summed E-state index contributed by atoms with van der Waals surface area (Å²) >= 11 is 2.38. The summed E-state index contributed by atoms with van der Waals surface area (Å²) in [5, 5.41) is 20.4. The maximum Gasteiger partial charge on any atom is 0.301 e. The average molecular weight is 662 g/mol. The summed E-state index contributed by atoms with van der Waals surface area (Å²) in [6, 6.07) is 15.9. The number of amides is 1. The number of ketones is 1. The fourth-order valence-electron chi connectivity index (χ4n) is 5.48. The Kier molecular flexibility index (Phi) is 9.27. The summed E-state index contributed by atoms with van der Waals surface area (Å²) in [4.78, 5) is 28.8. The minimum atomic E-state index is -1.04. The number of ether oxygens (including phenoxy) is 3. The molecule has 2 aliphatic rings. The second kappa shape index (κ2) is 13.5. The monoisotopic (exact) mass is 661 g/mol. The number of aliphatic hydroxyl groups is 1. The van der Waals surface area contributed by atoms with Gasteiger partial charge < -0.3 is 19.3 Å². The molecule has 0 spiro atoms. The summed E-state index contributed by atoms with van der Waals surface area (Å²) in [5.41, 5.74) is 2.23. The minimum Gasteiger partial charge on any atom is -0.507 e. The standard InChI is InChI=1S/C34H32FN3O6S2/c1-4-14-43-26-13-10-20(17-27(26)42-5-2)29-28(30(39)21-11-12-25-23(16-21)15-19(3)44-25)31(40)32(41)38(29)33-36-37-34(46-33)45-18-22-8-6-7-9-24(22)35/h6-13,16-17,19,29,39H,4-5,14-15,18H2,1-3H3/t19-,29+/m1/s1. The summed E-state index contributed by atoms with van der Waals surface area (Å²) < 4.78 is 32.3. The molecule has 2 aliphatic heterocycles. The van der Waals surface area contributed by atoms with Gasteiger partial charge >= 0.3 is 5.91 Å². The van der Waals surface area contributed by atoms with Gasteiger partial charge in [0.15, 0.2) is 15.8 Å². The molecule has 1 N–H and O–H groups in total. The Balaban J connectivity index is 1.43. The molecule has 0 aliphatic carbocycles. The number of Topliss-reactive ketones (excluding diaryl/α,β-unsaturated/α-hetero) is 1. The van der Waals surface area contributed by atoms with E-state index in [1.165, 1.54) is 22.7 Å². The zero-order valence-corrected chi connectivity index (χ0v) is 27.1. The number of carbonyl (C=O) groups excluding carboxylic acids is 2. The van der Waals surface area contributed by atoms with E-state index in [2.05, 4.69) is 10.2 Å². The van der Waals surface area contributed by atoms with Crippen molar-refractivity contribution >= 4 is 45.7 Å². The van der Waals surface area contributed by atoms with Crippen molar-refractivity contribution in [2.24, 2.45) is 0 Å². The first-order valence-electron chi connectivity index (χ1n) is 15.0. The number of carbonyl (C=O) groups is 2. The maximum absolute atomic E-state index is 14.2. The summed E-state index contributed by atoms with van der Waals surface area (Å²) in [6.07, 6.45) is 1.45. The van der Waals surface area contributed by atoms with E-state index in [9.17, 15) is 19.1 Å². The van der Waals surface area contributed by atoms with Crippen molar-refractivity contribution < 1.29 is 33.3 Å². The van der Waals surface area contributed by atoms with Crippen LogP contribution in [0.25, 0.3) is 5.76 Å².